The number of hydrogen-bond donors (Lipinski definition) is 7. The van der Waals surface area contributed by atoms with Gasteiger partial charge in [0, 0.05) is 50.1 Å². The predicted molar refractivity (Wildman–Crippen MR) is 230 cm³/mol. The molecule has 2 amide bonds. The molecule has 2 heterocycles. The Bertz CT molecular complexity index is 2090. The van der Waals surface area contributed by atoms with E-state index in [4.69, 9.17) is 26.5 Å². The van der Waals surface area contributed by atoms with E-state index < -0.39 is 67.1 Å². The molecule has 7 N–H and O–H groups in total. The maximum atomic E-state index is 12.8. The van der Waals surface area contributed by atoms with Crippen LogP contribution in [0.5, 0.6) is 5.75 Å². The van der Waals surface area contributed by atoms with Crippen molar-refractivity contribution < 1.29 is 83.5 Å². The summed E-state index contributed by atoms with van der Waals surface area (Å²) in [5.74, 6) is -0.112. The van der Waals surface area contributed by atoms with Gasteiger partial charge in [-0.3, -0.25) is 14.1 Å². The van der Waals surface area contributed by atoms with E-state index in [1.807, 2.05) is 18.9 Å². The molecular formula is C36H60BN3O19P4. The third kappa shape index (κ3) is 21.7. The number of nitrogens with one attached hydrogen (secondary N) is 3. The number of rotatable bonds is 30. The standard InChI is InChI=1S/C36H60BN3O19P4/c1-35(2,17-21-39-33(42)29-23-26-11-12-27(52-5)24-30(26)56-34(29)43)18-22-53-36(3,4)16-15-32(41)38-19-9-7-6-8-10-20-40-60(44,45)57-62(48,49)59-63(50,51)58-61(46,47)54-25-28-13-14-31(37)55-28/h11-12,23-24,28,31H,6-10,13-22,25H2,1-5H3,(H,38,41)(H,39,42)(H,46,47)(H,48,49)(H,50,51)(H2,40,44,45)/t28-,31+/m0/s1. The van der Waals surface area contributed by atoms with E-state index in [-0.39, 0.29) is 29.9 Å². The molecule has 3 rings (SSSR count). The number of benzene rings is 1. The molecule has 0 aliphatic carbocycles. The van der Waals surface area contributed by atoms with Gasteiger partial charge >= 0.3 is 36.8 Å². The van der Waals surface area contributed by atoms with Gasteiger partial charge in [0.2, 0.25) is 5.91 Å². The molecule has 356 valence electrons. The lowest BCUT2D eigenvalue weighted by Crippen LogP contribution is -2.33. The highest BCUT2D eigenvalue weighted by Gasteiger charge is 2.45. The fourth-order valence-electron chi connectivity index (χ4n) is 6.03. The number of carbonyl (C=O) groups is 2. The first kappa shape index (κ1) is 55.0. The molecule has 0 saturated carbocycles. The molecule has 6 atom stereocenters. The summed E-state index contributed by atoms with van der Waals surface area (Å²) in [4.78, 5) is 76.6. The molecule has 2 radical (unpaired) electrons. The van der Waals surface area contributed by atoms with Crippen molar-refractivity contribution in [2.24, 2.45) is 5.41 Å². The van der Waals surface area contributed by atoms with Crippen molar-refractivity contribution in [3.05, 3.63) is 40.2 Å². The molecule has 22 nitrogen and oxygen atoms in total. The first-order valence-corrected chi connectivity index (χ1v) is 26.3. The highest BCUT2D eigenvalue weighted by Crippen LogP contribution is 2.70. The van der Waals surface area contributed by atoms with E-state index in [2.05, 4.69) is 41.9 Å². The molecule has 4 unspecified atom stereocenters. The lowest BCUT2D eigenvalue weighted by Gasteiger charge is -2.29. The third-order valence-electron chi connectivity index (χ3n) is 9.68. The number of unbranched alkanes of at least 4 members (excludes halogenated alkanes) is 4. The van der Waals surface area contributed by atoms with Gasteiger partial charge in [-0.15, -0.1) is 0 Å². The highest BCUT2D eigenvalue weighted by atomic mass is 31.3. The Kier molecular flexibility index (Phi) is 21.4. The minimum Gasteiger partial charge on any atom is -0.497 e. The second kappa shape index (κ2) is 24.5. The van der Waals surface area contributed by atoms with Crippen LogP contribution >= 0.6 is 31.2 Å². The van der Waals surface area contributed by atoms with Crippen LogP contribution in [0, 0.1) is 5.41 Å². The molecule has 1 aliphatic heterocycles. The summed E-state index contributed by atoms with van der Waals surface area (Å²) in [6.45, 7) is 8.42. The van der Waals surface area contributed by atoms with E-state index in [0.29, 0.717) is 94.2 Å². The van der Waals surface area contributed by atoms with E-state index in [9.17, 15) is 52.2 Å². The van der Waals surface area contributed by atoms with Crippen molar-refractivity contribution in [2.45, 2.75) is 116 Å². The first-order valence-electron chi connectivity index (χ1n) is 20.3. The Morgan fingerprint density at radius 3 is 2.14 bits per heavy atom. The van der Waals surface area contributed by atoms with Crippen LogP contribution in [-0.2, 0) is 50.0 Å². The van der Waals surface area contributed by atoms with Crippen molar-refractivity contribution >= 4 is 61.8 Å². The van der Waals surface area contributed by atoms with Crippen molar-refractivity contribution in [3.8, 4) is 5.75 Å². The SMILES string of the molecule is [B][C@H]1CC[C@@H](COP(=O)(O)OP(=O)(O)OP(=O)(O)OP(=O)(O)NCCCCCCCNC(=O)CCC(C)(C)OCCC(C)(C)CCNC(=O)c2cc3ccc(OC)cc3oc2=O)O1. The molecule has 1 fully saturated rings. The fraction of sp³-hybridized carbons (Fsp3) is 0.694. The smallest absolute Gasteiger partial charge is 0.490 e. The number of ether oxygens (including phenoxy) is 3. The maximum Gasteiger partial charge on any atom is 0.490 e. The maximum absolute atomic E-state index is 12.8. The van der Waals surface area contributed by atoms with Gasteiger partial charge in [-0.1, -0.05) is 33.1 Å². The number of amides is 2. The largest absolute Gasteiger partial charge is 0.497 e. The van der Waals surface area contributed by atoms with Gasteiger partial charge in [0.25, 0.3) is 5.91 Å². The normalized spacial score (nSPS) is 19.7. The highest BCUT2D eigenvalue weighted by molar-refractivity contribution is 7.70. The number of phosphoric ester groups is 1. The van der Waals surface area contributed by atoms with Gasteiger partial charge in [-0.25, -0.2) is 28.1 Å². The molecular weight excluding hydrogens is 913 g/mol. The molecule has 1 aromatic carbocycles. The summed E-state index contributed by atoms with van der Waals surface area (Å²) in [5.41, 5.74) is -1.25. The minimum atomic E-state index is -5.84. The molecule has 1 aliphatic rings. The molecule has 0 spiro atoms. The summed E-state index contributed by atoms with van der Waals surface area (Å²) in [7, 11) is -15.0. The van der Waals surface area contributed by atoms with Gasteiger partial charge in [-0.2, -0.15) is 12.9 Å². The second-order valence-corrected chi connectivity index (χ2v) is 22.6. The average molecular weight is 974 g/mol. The zero-order valence-corrected chi connectivity index (χ0v) is 39.6. The molecule has 1 saturated heterocycles. The van der Waals surface area contributed by atoms with Crippen LogP contribution in [0.25, 0.3) is 11.0 Å². The Morgan fingerprint density at radius 1 is 0.825 bits per heavy atom. The van der Waals surface area contributed by atoms with Crippen LogP contribution in [0.4, 0.5) is 0 Å². The van der Waals surface area contributed by atoms with E-state index >= 15 is 0 Å². The number of carbonyl (C=O) groups excluding carboxylic acids is 2. The molecule has 0 bridgehead atoms. The Hall–Kier alpha value is -2.29. The number of fused-ring (bicyclic) bond motifs is 1. The van der Waals surface area contributed by atoms with E-state index in [0.717, 1.165) is 6.42 Å². The van der Waals surface area contributed by atoms with Gasteiger partial charge in [0.1, 0.15) is 24.7 Å². The molecule has 63 heavy (non-hydrogen) atoms. The quantitative estimate of drug-likeness (QED) is 0.0213. The summed E-state index contributed by atoms with van der Waals surface area (Å²) in [6, 6.07) is 5.88. The van der Waals surface area contributed by atoms with Crippen LogP contribution in [0.1, 0.15) is 109 Å². The summed E-state index contributed by atoms with van der Waals surface area (Å²) in [6.07, 6.45) is 5.11. The Labute approximate surface area is 367 Å². The van der Waals surface area contributed by atoms with Gasteiger partial charge < -0.3 is 48.8 Å². The summed E-state index contributed by atoms with van der Waals surface area (Å²) >= 11 is 0. The Balaban J connectivity index is 1.22. The van der Waals surface area contributed by atoms with E-state index in [1.165, 1.54) is 13.2 Å². The lowest BCUT2D eigenvalue weighted by atomic mass is 9.86. The van der Waals surface area contributed by atoms with Crippen molar-refractivity contribution in [2.75, 3.05) is 40.0 Å². The van der Waals surface area contributed by atoms with Gasteiger partial charge in [0.05, 0.1) is 25.4 Å². The number of phosphoric acid groups is 3. The molecule has 2 aromatic rings. The van der Waals surface area contributed by atoms with Crippen LogP contribution in [-0.4, -0.2) is 96.9 Å². The number of hydrogen-bond acceptors (Lipinski definition) is 15. The number of methoxy groups -OCH3 is 1. The predicted octanol–water partition coefficient (Wildman–Crippen LogP) is 5.71. The topological polar surface area (TPSA) is 314 Å². The van der Waals surface area contributed by atoms with Crippen molar-refractivity contribution in [1.82, 2.24) is 15.7 Å². The van der Waals surface area contributed by atoms with Crippen molar-refractivity contribution in [3.63, 3.8) is 0 Å². The zero-order valence-electron chi connectivity index (χ0n) is 36.1. The zero-order chi connectivity index (χ0) is 47.1. The summed E-state index contributed by atoms with van der Waals surface area (Å²) < 4.78 is 86.6. The van der Waals surface area contributed by atoms with Gasteiger partial charge in [0.15, 0.2) is 0 Å². The van der Waals surface area contributed by atoms with Crippen LogP contribution in [0.3, 0.4) is 0 Å². The summed E-state index contributed by atoms with van der Waals surface area (Å²) in [5, 5.41) is 8.29. The Morgan fingerprint density at radius 2 is 1.48 bits per heavy atom. The molecule has 1 aromatic heterocycles. The fourth-order valence-corrected chi connectivity index (χ4v) is 11.2. The molecule has 27 heteroatoms. The average Bonchev–Trinajstić information content (AvgIpc) is 3.58. The first-order chi connectivity index (χ1) is 29.2. The third-order valence-corrected chi connectivity index (χ3v) is 15.8. The second-order valence-electron chi connectivity index (χ2n) is 16.2. The van der Waals surface area contributed by atoms with Gasteiger partial charge in [-0.05, 0) is 82.4 Å². The monoisotopic (exact) mass is 973 g/mol. The van der Waals surface area contributed by atoms with Crippen LogP contribution in [0.2, 0.25) is 0 Å². The van der Waals surface area contributed by atoms with Crippen molar-refractivity contribution in [1.29, 1.82) is 0 Å². The lowest BCUT2D eigenvalue weighted by molar-refractivity contribution is -0.123. The van der Waals surface area contributed by atoms with E-state index in [1.54, 1.807) is 18.2 Å². The van der Waals surface area contributed by atoms with Crippen LogP contribution in [0.15, 0.2) is 33.5 Å². The van der Waals surface area contributed by atoms with Crippen LogP contribution < -0.4 is 26.1 Å². The minimum absolute atomic E-state index is 0.0798.